The number of benzene rings is 2. The van der Waals surface area contributed by atoms with E-state index in [0.29, 0.717) is 28.4 Å². The molecule has 2 aromatic carbocycles. The molecule has 0 heterocycles. The van der Waals surface area contributed by atoms with Gasteiger partial charge in [0.2, 0.25) is 0 Å². The van der Waals surface area contributed by atoms with E-state index in [0.717, 1.165) is 0 Å². The highest BCUT2D eigenvalue weighted by Crippen LogP contribution is 2.28. The van der Waals surface area contributed by atoms with Gasteiger partial charge in [0.05, 0.1) is 27.5 Å². The minimum Gasteiger partial charge on any atom is -0.504 e. The summed E-state index contributed by atoms with van der Waals surface area (Å²) in [5, 5.41) is 13.8. The molecule has 24 heavy (non-hydrogen) atoms. The Morgan fingerprint density at radius 1 is 1.04 bits per heavy atom. The number of methoxy groups -OCH3 is 3. The zero-order valence-corrected chi connectivity index (χ0v) is 13.6. The third-order valence-corrected chi connectivity index (χ3v) is 3.27. The van der Waals surface area contributed by atoms with Crippen molar-refractivity contribution in [3.05, 3.63) is 47.5 Å². The van der Waals surface area contributed by atoms with E-state index in [2.05, 4.69) is 10.5 Å². The molecule has 0 aliphatic heterocycles. The monoisotopic (exact) mass is 330 g/mol. The summed E-state index contributed by atoms with van der Waals surface area (Å²) < 4.78 is 15.3. The van der Waals surface area contributed by atoms with Crippen LogP contribution in [0.1, 0.15) is 15.9 Å². The quantitative estimate of drug-likeness (QED) is 0.626. The Bertz CT molecular complexity index is 759. The largest absolute Gasteiger partial charge is 0.504 e. The summed E-state index contributed by atoms with van der Waals surface area (Å²) in [6.45, 7) is 0. The van der Waals surface area contributed by atoms with Crippen LogP contribution in [0.5, 0.6) is 23.0 Å². The summed E-state index contributed by atoms with van der Waals surface area (Å²) in [6, 6.07) is 9.74. The van der Waals surface area contributed by atoms with Gasteiger partial charge in [-0.25, -0.2) is 5.43 Å². The first-order valence-corrected chi connectivity index (χ1v) is 7.02. The summed E-state index contributed by atoms with van der Waals surface area (Å²) in [7, 11) is 4.46. The molecule has 0 spiro atoms. The maximum absolute atomic E-state index is 12.1. The van der Waals surface area contributed by atoms with Crippen LogP contribution in [0.3, 0.4) is 0 Å². The maximum Gasteiger partial charge on any atom is 0.271 e. The summed E-state index contributed by atoms with van der Waals surface area (Å²) in [4.78, 5) is 12.1. The number of phenolic OH excluding ortho intramolecular Hbond substituents is 1. The standard InChI is InChI=1S/C17H18N2O5/c1-22-13-8-7-11(9-15(13)24-3)17(21)19-18-10-12-5-4-6-14(23-2)16(12)20/h4-10,20H,1-3H3,(H,19,21)/b18-10-. The van der Waals surface area contributed by atoms with Gasteiger partial charge < -0.3 is 19.3 Å². The van der Waals surface area contributed by atoms with Crippen molar-refractivity contribution in [1.29, 1.82) is 0 Å². The van der Waals surface area contributed by atoms with Crippen LogP contribution in [0.15, 0.2) is 41.5 Å². The Morgan fingerprint density at radius 2 is 1.75 bits per heavy atom. The van der Waals surface area contributed by atoms with Crippen molar-refractivity contribution in [1.82, 2.24) is 5.43 Å². The van der Waals surface area contributed by atoms with Crippen molar-refractivity contribution in [2.75, 3.05) is 21.3 Å². The molecule has 0 saturated carbocycles. The van der Waals surface area contributed by atoms with Gasteiger partial charge in [0.1, 0.15) is 0 Å². The second-order valence-electron chi connectivity index (χ2n) is 4.67. The molecular weight excluding hydrogens is 312 g/mol. The number of ether oxygens (including phenoxy) is 3. The van der Waals surface area contributed by atoms with E-state index >= 15 is 0 Å². The highest BCUT2D eigenvalue weighted by molar-refractivity contribution is 5.95. The minimum absolute atomic E-state index is 0.0517. The average Bonchev–Trinajstić information content (AvgIpc) is 2.62. The fourth-order valence-electron chi connectivity index (χ4n) is 2.01. The first kappa shape index (κ1) is 17.1. The Morgan fingerprint density at radius 3 is 2.42 bits per heavy atom. The van der Waals surface area contributed by atoms with E-state index in [9.17, 15) is 9.90 Å². The summed E-state index contributed by atoms with van der Waals surface area (Å²) in [6.07, 6.45) is 1.33. The molecule has 0 unspecified atom stereocenters. The molecule has 7 nitrogen and oxygen atoms in total. The van der Waals surface area contributed by atoms with E-state index in [1.165, 1.54) is 27.5 Å². The number of phenols is 1. The number of aromatic hydroxyl groups is 1. The molecule has 0 aliphatic carbocycles. The molecule has 0 atom stereocenters. The highest BCUT2D eigenvalue weighted by atomic mass is 16.5. The fraction of sp³-hybridized carbons (Fsp3) is 0.176. The molecule has 2 N–H and O–H groups in total. The molecule has 2 rings (SSSR count). The first-order chi connectivity index (χ1) is 11.6. The van der Waals surface area contributed by atoms with E-state index in [1.54, 1.807) is 36.4 Å². The third kappa shape index (κ3) is 3.75. The van der Waals surface area contributed by atoms with Crippen LogP contribution in [-0.4, -0.2) is 38.6 Å². The molecule has 0 radical (unpaired) electrons. The van der Waals surface area contributed by atoms with Crippen LogP contribution in [0, 0.1) is 0 Å². The molecule has 2 aromatic rings. The number of carbonyl (C=O) groups is 1. The van der Waals surface area contributed by atoms with Crippen LogP contribution in [0.25, 0.3) is 0 Å². The lowest BCUT2D eigenvalue weighted by Gasteiger charge is -2.08. The Hall–Kier alpha value is -3.22. The minimum atomic E-state index is -0.422. The van der Waals surface area contributed by atoms with E-state index < -0.39 is 5.91 Å². The van der Waals surface area contributed by atoms with Gasteiger partial charge in [-0.05, 0) is 30.3 Å². The molecule has 0 aromatic heterocycles. The maximum atomic E-state index is 12.1. The van der Waals surface area contributed by atoms with Crippen LogP contribution in [0.4, 0.5) is 0 Å². The lowest BCUT2D eigenvalue weighted by atomic mass is 10.2. The second-order valence-corrected chi connectivity index (χ2v) is 4.67. The van der Waals surface area contributed by atoms with Gasteiger partial charge >= 0.3 is 0 Å². The molecule has 1 amide bonds. The lowest BCUT2D eigenvalue weighted by Crippen LogP contribution is -2.17. The second kappa shape index (κ2) is 7.87. The van der Waals surface area contributed by atoms with Crippen molar-refractivity contribution in [3.63, 3.8) is 0 Å². The van der Waals surface area contributed by atoms with Gasteiger partial charge in [-0.2, -0.15) is 5.10 Å². The smallest absolute Gasteiger partial charge is 0.271 e. The number of amides is 1. The van der Waals surface area contributed by atoms with Gasteiger partial charge in [-0.1, -0.05) is 6.07 Å². The lowest BCUT2D eigenvalue weighted by molar-refractivity contribution is 0.0954. The molecule has 7 heteroatoms. The normalized spacial score (nSPS) is 10.5. The van der Waals surface area contributed by atoms with Crippen molar-refractivity contribution < 1.29 is 24.1 Å². The number of nitrogens with one attached hydrogen (secondary N) is 1. The van der Waals surface area contributed by atoms with E-state index in [-0.39, 0.29) is 5.75 Å². The van der Waals surface area contributed by atoms with Crippen molar-refractivity contribution in [2.45, 2.75) is 0 Å². The van der Waals surface area contributed by atoms with Gasteiger partial charge in [-0.15, -0.1) is 0 Å². The number of rotatable bonds is 6. The predicted molar refractivity (Wildman–Crippen MR) is 89.3 cm³/mol. The number of nitrogens with zero attached hydrogens (tertiary/aromatic N) is 1. The van der Waals surface area contributed by atoms with Gasteiger partial charge in [0.15, 0.2) is 23.0 Å². The number of hydrogen-bond donors (Lipinski definition) is 2. The van der Waals surface area contributed by atoms with Crippen molar-refractivity contribution in [3.8, 4) is 23.0 Å². The molecule has 126 valence electrons. The number of hydrogen-bond acceptors (Lipinski definition) is 6. The summed E-state index contributed by atoms with van der Waals surface area (Å²) >= 11 is 0. The highest BCUT2D eigenvalue weighted by Gasteiger charge is 2.10. The number of para-hydroxylation sites is 1. The fourth-order valence-corrected chi connectivity index (χ4v) is 2.01. The van der Waals surface area contributed by atoms with Crippen LogP contribution in [-0.2, 0) is 0 Å². The van der Waals surface area contributed by atoms with Crippen molar-refractivity contribution in [2.24, 2.45) is 5.10 Å². The SMILES string of the molecule is COc1ccc(C(=O)N/N=C\c2cccc(OC)c2O)cc1OC. The molecule has 0 bridgehead atoms. The van der Waals surface area contributed by atoms with Crippen LogP contribution in [0.2, 0.25) is 0 Å². The van der Waals surface area contributed by atoms with Crippen LogP contribution >= 0.6 is 0 Å². The molecule has 0 fully saturated rings. The first-order valence-electron chi connectivity index (χ1n) is 7.02. The van der Waals surface area contributed by atoms with E-state index in [4.69, 9.17) is 14.2 Å². The Balaban J connectivity index is 2.11. The van der Waals surface area contributed by atoms with Crippen molar-refractivity contribution >= 4 is 12.1 Å². The summed E-state index contributed by atoms with van der Waals surface area (Å²) in [5.74, 6) is 0.822. The third-order valence-electron chi connectivity index (χ3n) is 3.27. The van der Waals surface area contributed by atoms with E-state index in [1.807, 2.05) is 0 Å². The average molecular weight is 330 g/mol. The van der Waals surface area contributed by atoms with Gasteiger partial charge in [0.25, 0.3) is 5.91 Å². The number of hydrazone groups is 1. The predicted octanol–water partition coefficient (Wildman–Crippen LogP) is 2.18. The Labute approximate surface area is 139 Å². The van der Waals surface area contributed by atoms with Gasteiger partial charge in [0, 0.05) is 11.1 Å². The molecular formula is C17H18N2O5. The zero-order chi connectivity index (χ0) is 17.5. The van der Waals surface area contributed by atoms with Crippen LogP contribution < -0.4 is 19.6 Å². The zero-order valence-electron chi connectivity index (χ0n) is 13.6. The summed E-state index contributed by atoms with van der Waals surface area (Å²) in [5.41, 5.74) is 3.16. The molecule has 0 aliphatic rings. The number of carbonyl (C=O) groups excluding carboxylic acids is 1. The van der Waals surface area contributed by atoms with Gasteiger partial charge in [-0.3, -0.25) is 4.79 Å². The Kier molecular flexibility index (Phi) is 5.62. The topological polar surface area (TPSA) is 89.4 Å². The molecule has 0 saturated heterocycles.